The van der Waals surface area contributed by atoms with Gasteiger partial charge in [-0.15, -0.1) is 0 Å². The van der Waals surface area contributed by atoms with Crippen LogP contribution in [0.3, 0.4) is 0 Å². The Morgan fingerprint density at radius 1 is 1.22 bits per heavy atom. The van der Waals surface area contributed by atoms with Crippen LogP contribution in [0.25, 0.3) is 0 Å². The molecule has 0 aromatic heterocycles. The maximum absolute atomic E-state index is 5.96. The molecular formula is C14H12BrClIN. The van der Waals surface area contributed by atoms with Gasteiger partial charge >= 0.3 is 0 Å². The third kappa shape index (κ3) is 3.39. The summed E-state index contributed by atoms with van der Waals surface area (Å²) in [5.41, 5.74) is 2.34. The van der Waals surface area contributed by atoms with Gasteiger partial charge in [-0.05, 0) is 59.3 Å². The Kier molecular flexibility index (Phi) is 4.92. The number of hydrogen-bond acceptors (Lipinski definition) is 1. The lowest BCUT2D eigenvalue weighted by Gasteiger charge is -2.18. The Balaban J connectivity index is 2.21. The second-order valence-corrected chi connectivity index (χ2v) is 6.46. The van der Waals surface area contributed by atoms with Gasteiger partial charge in [0.1, 0.15) is 0 Å². The molecule has 1 unspecified atom stereocenters. The van der Waals surface area contributed by atoms with E-state index in [4.69, 9.17) is 11.6 Å². The van der Waals surface area contributed by atoms with Crippen LogP contribution in [-0.4, -0.2) is 0 Å². The predicted octanol–water partition coefficient (Wildman–Crippen LogP) is 5.88. The first-order chi connectivity index (χ1) is 8.58. The summed E-state index contributed by atoms with van der Waals surface area (Å²) in [6.07, 6.45) is 0. The van der Waals surface area contributed by atoms with Crippen LogP contribution in [0.15, 0.2) is 46.9 Å². The van der Waals surface area contributed by atoms with Gasteiger partial charge in [0.15, 0.2) is 0 Å². The fraction of sp³-hybridized carbons (Fsp3) is 0.143. The van der Waals surface area contributed by atoms with Gasteiger partial charge in [0.05, 0.1) is 0 Å². The van der Waals surface area contributed by atoms with Crippen molar-refractivity contribution in [1.82, 2.24) is 0 Å². The first kappa shape index (κ1) is 14.2. The monoisotopic (exact) mass is 435 g/mol. The number of rotatable bonds is 3. The molecule has 0 aliphatic heterocycles. The van der Waals surface area contributed by atoms with Crippen molar-refractivity contribution < 1.29 is 0 Å². The Bertz CT molecular complexity index is 559. The van der Waals surface area contributed by atoms with E-state index >= 15 is 0 Å². The van der Waals surface area contributed by atoms with E-state index in [0.717, 1.165) is 18.8 Å². The molecule has 2 aromatic rings. The molecule has 4 heteroatoms. The molecule has 0 heterocycles. The topological polar surface area (TPSA) is 12.0 Å². The minimum Gasteiger partial charge on any atom is -0.378 e. The van der Waals surface area contributed by atoms with Crippen molar-refractivity contribution in [1.29, 1.82) is 0 Å². The molecule has 1 N–H and O–H groups in total. The summed E-state index contributed by atoms with van der Waals surface area (Å²) in [5.74, 6) is 0. The van der Waals surface area contributed by atoms with Crippen molar-refractivity contribution in [2.24, 2.45) is 0 Å². The summed E-state index contributed by atoms with van der Waals surface area (Å²) in [5, 5.41) is 4.26. The highest BCUT2D eigenvalue weighted by molar-refractivity contribution is 14.1. The average Bonchev–Trinajstić information content (AvgIpc) is 2.33. The summed E-state index contributed by atoms with van der Waals surface area (Å²) < 4.78 is 2.24. The summed E-state index contributed by atoms with van der Waals surface area (Å²) in [6, 6.07) is 14.3. The Labute approximate surface area is 134 Å². The molecule has 0 aliphatic carbocycles. The van der Waals surface area contributed by atoms with Gasteiger partial charge in [0.2, 0.25) is 0 Å². The van der Waals surface area contributed by atoms with Crippen molar-refractivity contribution in [2.75, 3.05) is 5.32 Å². The molecule has 18 heavy (non-hydrogen) atoms. The van der Waals surface area contributed by atoms with E-state index in [1.165, 1.54) is 5.56 Å². The van der Waals surface area contributed by atoms with Gasteiger partial charge in [-0.25, -0.2) is 0 Å². The van der Waals surface area contributed by atoms with Crippen LogP contribution in [-0.2, 0) is 0 Å². The fourth-order valence-corrected chi connectivity index (χ4v) is 3.40. The fourth-order valence-electron chi connectivity index (χ4n) is 1.74. The first-order valence-electron chi connectivity index (χ1n) is 5.54. The van der Waals surface area contributed by atoms with Gasteiger partial charge in [-0.1, -0.05) is 45.7 Å². The van der Waals surface area contributed by atoms with Crippen LogP contribution < -0.4 is 5.32 Å². The van der Waals surface area contributed by atoms with Gasteiger partial charge in [-0.3, -0.25) is 0 Å². The van der Waals surface area contributed by atoms with E-state index in [0.29, 0.717) is 0 Å². The van der Waals surface area contributed by atoms with Crippen LogP contribution in [0.4, 0.5) is 5.69 Å². The summed E-state index contributed by atoms with van der Waals surface area (Å²) >= 11 is 11.8. The molecule has 0 spiro atoms. The zero-order chi connectivity index (χ0) is 13.1. The Hall–Kier alpha value is -0.260. The molecule has 94 valence electrons. The lowest BCUT2D eigenvalue weighted by molar-refractivity contribution is 0.877. The zero-order valence-electron chi connectivity index (χ0n) is 9.75. The van der Waals surface area contributed by atoms with Crippen molar-refractivity contribution in [3.63, 3.8) is 0 Å². The highest BCUT2D eigenvalue weighted by Gasteiger charge is 2.10. The largest absolute Gasteiger partial charge is 0.378 e. The molecule has 0 aliphatic rings. The summed E-state index contributed by atoms with van der Waals surface area (Å²) in [6.45, 7) is 2.14. The molecule has 0 radical (unpaired) electrons. The molecule has 0 bridgehead atoms. The third-order valence-electron chi connectivity index (χ3n) is 2.67. The predicted molar refractivity (Wildman–Crippen MR) is 90.3 cm³/mol. The number of halogens is 3. The number of benzene rings is 2. The maximum Gasteiger partial charge on any atom is 0.0497 e. The number of nitrogens with one attached hydrogen (secondary N) is 1. The van der Waals surface area contributed by atoms with Gasteiger partial charge in [0, 0.05) is 24.8 Å². The second kappa shape index (κ2) is 6.26. The molecule has 1 atom stereocenters. The minimum atomic E-state index is 0.232. The minimum absolute atomic E-state index is 0.232. The second-order valence-electron chi connectivity index (χ2n) is 4.01. The molecule has 1 nitrogen and oxygen atoms in total. The zero-order valence-corrected chi connectivity index (χ0v) is 14.3. The van der Waals surface area contributed by atoms with Gasteiger partial charge in [-0.2, -0.15) is 0 Å². The lowest BCUT2D eigenvalue weighted by Crippen LogP contribution is -2.08. The van der Waals surface area contributed by atoms with E-state index in [1.807, 2.05) is 30.3 Å². The van der Waals surface area contributed by atoms with Crippen LogP contribution in [0, 0.1) is 3.57 Å². The lowest BCUT2D eigenvalue weighted by atomic mass is 10.1. The highest BCUT2D eigenvalue weighted by Crippen LogP contribution is 2.29. The van der Waals surface area contributed by atoms with Crippen molar-refractivity contribution in [2.45, 2.75) is 13.0 Å². The molecule has 0 saturated heterocycles. The van der Waals surface area contributed by atoms with E-state index in [2.05, 4.69) is 62.9 Å². The highest BCUT2D eigenvalue weighted by atomic mass is 127. The molecule has 0 amide bonds. The van der Waals surface area contributed by atoms with E-state index in [-0.39, 0.29) is 6.04 Å². The van der Waals surface area contributed by atoms with Gasteiger partial charge < -0.3 is 5.32 Å². The van der Waals surface area contributed by atoms with E-state index in [9.17, 15) is 0 Å². The first-order valence-corrected chi connectivity index (χ1v) is 7.79. The number of anilines is 1. The SMILES string of the molecule is CC(Nc1ccc(Cl)cc1I)c1ccccc1Br. The number of hydrogen-bond donors (Lipinski definition) is 1. The van der Waals surface area contributed by atoms with Crippen LogP contribution >= 0.6 is 50.1 Å². The van der Waals surface area contributed by atoms with Crippen LogP contribution in [0.5, 0.6) is 0 Å². The normalized spacial score (nSPS) is 12.2. The average molecular weight is 437 g/mol. The maximum atomic E-state index is 5.96. The molecule has 0 fully saturated rings. The van der Waals surface area contributed by atoms with Crippen molar-refractivity contribution >= 4 is 55.8 Å². The standard InChI is InChI=1S/C14H12BrClIN/c1-9(11-4-2-3-5-12(11)15)18-14-7-6-10(16)8-13(14)17/h2-9,18H,1H3. The molecule has 0 saturated carbocycles. The van der Waals surface area contributed by atoms with Crippen LogP contribution in [0.1, 0.15) is 18.5 Å². The third-order valence-corrected chi connectivity index (χ3v) is 4.52. The summed E-state index contributed by atoms with van der Waals surface area (Å²) in [4.78, 5) is 0. The van der Waals surface area contributed by atoms with Crippen LogP contribution in [0.2, 0.25) is 5.02 Å². The van der Waals surface area contributed by atoms with Crippen molar-refractivity contribution in [3.05, 3.63) is 61.1 Å². The van der Waals surface area contributed by atoms with Gasteiger partial charge in [0.25, 0.3) is 0 Å². The molecule has 2 rings (SSSR count). The summed E-state index contributed by atoms with van der Waals surface area (Å²) in [7, 11) is 0. The molecular weight excluding hydrogens is 424 g/mol. The Morgan fingerprint density at radius 3 is 2.61 bits per heavy atom. The van der Waals surface area contributed by atoms with Crippen molar-refractivity contribution in [3.8, 4) is 0 Å². The smallest absolute Gasteiger partial charge is 0.0497 e. The van der Waals surface area contributed by atoms with E-state index < -0.39 is 0 Å². The Morgan fingerprint density at radius 2 is 1.94 bits per heavy atom. The molecule has 2 aromatic carbocycles. The quantitative estimate of drug-likeness (QED) is 0.593. The van der Waals surface area contributed by atoms with E-state index in [1.54, 1.807) is 0 Å².